The van der Waals surface area contributed by atoms with Crippen molar-refractivity contribution in [3.8, 4) is 5.69 Å². The quantitative estimate of drug-likeness (QED) is 0.183. The smallest absolute Gasteiger partial charge is 0.319 e. The van der Waals surface area contributed by atoms with Gasteiger partial charge in [-0.25, -0.2) is 18.0 Å². The number of hydrogen-bond acceptors (Lipinski definition) is 3. The van der Waals surface area contributed by atoms with E-state index in [9.17, 15) is 28.1 Å². The molecule has 0 saturated carbocycles. The van der Waals surface area contributed by atoms with Gasteiger partial charge < -0.3 is 14.8 Å². The average molecular weight is 489 g/mol. The number of aromatic nitrogens is 1. The second kappa shape index (κ2) is 12.0. The van der Waals surface area contributed by atoms with Crippen LogP contribution >= 0.6 is 0 Å². The fourth-order valence-corrected chi connectivity index (χ4v) is 3.73. The lowest BCUT2D eigenvalue weighted by Crippen LogP contribution is -2.36. The molecule has 186 valence electrons. The van der Waals surface area contributed by atoms with Gasteiger partial charge in [-0.3, -0.25) is 10.1 Å². The third-order valence-corrected chi connectivity index (χ3v) is 5.58. The second-order valence-electron chi connectivity index (χ2n) is 8.15. The first-order chi connectivity index (χ1) is 16.8. The molecule has 1 heterocycles. The summed E-state index contributed by atoms with van der Waals surface area (Å²) in [5.74, 6) is -3.48. The summed E-state index contributed by atoms with van der Waals surface area (Å²) in [4.78, 5) is 24.9. The molecule has 0 bridgehead atoms. The third kappa shape index (κ3) is 6.84. The number of nitro groups is 1. The normalized spacial score (nSPS) is 10.9. The number of rotatable bonds is 11. The fourth-order valence-electron chi connectivity index (χ4n) is 3.73. The van der Waals surface area contributed by atoms with E-state index in [1.54, 1.807) is 35.0 Å². The number of nitrogens with zero attached hydrogens (tertiary/aromatic N) is 3. The van der Waals surface area contributed by atoms with E-state index in [1.165, 1.54) is 17.0 Å². The number of non-ortho nitro benzene ring substituents is 1. The predicted molar refractivity (Wildman–Crippen MR) is 127 cm³/mol. The number of nitro benzene ring substituents is 1. The number of amides is 2. The third-order valence-electron chi connectivity index (χ3n) is 5.58. The lowest BCUT2D eigenvalue weighted by atomic mass is 10.1. The molecule has 0 saturated heterocycles. The molecule has 2 aromatic carbocycles. The zero-order valence-corrected chi connectivity index (χ0v) is 19.3. The molecule has 0 fully saturated rings. The highest BCUT2D eigenvalue weighted by Gasteiger charge is 2.20. The molecule has 1 N–H and O–H groups in total. The van der Waals surface area contributed by atoms with Gasteiger partial charge in [0.15, 0.2) is 11.6 Å². The Bertz CT molecular complexity index is 1140. The van der Waals surface area contributed by atoms with Gasteiger partial charge in [0.1, 0.15) is 11.5 Å². The van der Waals surface area contributed by atoms with Crippen LogP contribution in [0.1, 0.15) is 44.7 Å². The van der Waals surface area contributed by atoms with Crippen molar-refractivity contribution in [3.05, 3.63) is 88.0 Å². The summed E-state index contributed by atoms with van der Waals surface area (Å²) < 4.78 is 43.3. The maximum Gasteiger partial charge on any atom is 0.322 e. The van der Waals surface area contributed by atoms with Crippen molar-refractivity contribution in [3.63, 3.8) is 0 Å². The Morgan fingerprint density at radius 2 is 1.69 bits per heavy atom. The molecule has 0 spiro atoms. The molecule has 0 atom stereocenters. The maximum atomic E-state index is 14.1. The van der Waals surface area contributed by atoms with Crippen LogP contribution in [0.25, 0.3) is 5.69 Å². The first-order valence-corrected chi connectivity index (χ1v) is 11.4. The van der Waals surface area contributed by atoms with Crippen LogP contribution in [0, 0.1) is 27.6 Å². The van der Waals surface area contributed by atoms with Gasteiger partial charge in [-0.2, -0.15) is 0 Å². The topological polar surface area (TPSA) is 80.4 Å². The largest absolute Gasteiger partial charge is 0.322 e. The minimum absolute atomic E-state index is 0.0427. The van der Waals surface area contributed by atoms with Gasteiger partial charge in [0.25, 0.3) is 5.69 Å². The summed E-state index contributed by atoms with van der Waals surface area (Å²) in [6.07, 6.45) is 6.48. The lowest BCUT2D eigenvalue weighted by Gasteiger charge is -2.24. The average Bonchev–Trinajstić information content (AvgIpc) is 3.28. The molecule has 10 heteroatoms. The number of anilines is 1. The zero-order chi connectivity index (χ0) is 25.4. The molecular weight excluding hydrogens is 461 g/mol. The number of unbranched alkanes of at least 4 members (excludes halogenated alkanes) is 4. The molecule has 3 aromatic rings. The maximum absolute atomic E-state index is 14.1. The number of halogens is 3. The number of hydrogen-bond donors (Lipinski definition) is 1. The number of carbonyl (C=O) groups is 1. The van der Waals surface area contributed by atoms with E-state index in [2.05, 4.69) is 12.2 Å². The SMILES string of the molecule is CCCCCCCN(Cc1cccn1-c1ccc([N+](=O)[O-])cc1)C(=O)Nc1c(F)cc(F)cc1F. The number of urea groups is 1. The van der Waals surface area contributed by atoms with Crippen molar-refractivity contribution < 1.29 is 22.9 Å². The summed E-state index contributed by atoms with van der Waals surface area (Å²) in [5.41, 5.74) is 0.606. The van der Waals surface area contributed by atoms with Crippen LogP contribution in [0.3, 0.4) is 0 Å². The highest BCUT2D eigenvalue weighted by atomic mass is 19.1. The van der Waals surface area contributed by atoms with Crippen molar-refractivity contribution in [1.29, 1.82) is 0 Å². The van der Waals surface area contributed by atoms with Crippen molar-refractivity contribution >= 4 is 17.4 Å². The van der Waals surface area contributed by atoms with Gasteiger partial charge in [0.05, 0.1) is 11.5 Å². The number of carbonyl (C=O) groups excluding carboxylic acids is 1. The summed E-state index contributed by atoms with van der Waals surface area (Å²) in [6, 6.07) is 9.82. The molecule has 0 aliphatic heterocycles. The van der Waals surface area contributed by atoms with Gasteiger partial charge in [0.2, 0.25) is 0 Å². The molecule has 3 rings (SSSR count). The van der Waals surface area contributed by atoms with Crippen molar-refractivity contribution in [2.45, 2.75) is 45.6 Å². The molecule has 2 amide bonds. The summed E-state index contributed by atoms with van der Waals surface area (Å²) in [5, 5.41) is 13.2. The molecule has 0 radical (unpaired) electrons. The van der Waals surface area contributed by atoms with Crippen molar-refractivity contribution in [2.75, 3.05) is 11.9 Å². The van der Waals surface area contributed by atoms with Crippen molar-refractivity contribution in [1.82, 2.24) is 9.47 Å². The van der Waals surface area contributed by atoms with E-state index < -0.39 is 34.1 Å². The van der Waals surface area contributed by atoms with E-state index >= 15 is 0 Å². The van der Waals surface area contributed by atoms with E-state index in [4.69, 9.17) is 0 Å². The lowest BCUT2D eigenvalue weighted by molar-refractivity contribution is -0.384. The molecule has 0 aliphatic rings. The molecule has 0 aliphatic carbocycles. The Kier molecular flexibility index (Phi) is 8.88. The van der Waals surface area contributed by atoms with Crippen LogP contribution in [-0.4, -0.2) is 27.0 Å². The minimum Gasteiger partial charge on any atom is -0.319 e. The molecule has 7 nitrogen and oxygen atoms in total. The molecular formula is C25H27F3N4O3. The molecule has 0 unspecified atom stereocenters. The number of benzene rings is 2. The van der Waals surface area contributed by atoms with Crippen LogP contribution in [0.2, 0.25) is 0 Å². The van der Waals surface area contributed by atoms with Crippen LogP contribution in [0.4, 0.5) is 29.3 Å². The standard InChI is InChI=1S/C25H27F3N4O3/c1-2-3-4-5-6-13-30(25(33)29-24-22(27)15-18(26)16-23(24)28)17-21-8-7-14-31(21)19-9-11-20(12-10-19)32(34)35/h7-12,14-16H,2-6,13,17H2,1H3,(H,29,33). The molecule has 1 aromatic heterocycles. The summed E-state index contributed by atoms with van der Waals surface area (Å²) in [7, 11) is 0. The van der Waals surface area contributed by atoms with Crippen LogP contribution < -0.4 is 5.32 Å². The van der Waals surface area contributed by atoms with Gasteiger partial charge in [-0.05, 0) is 30.7 Å². The Morgan fingerprint density at radius 1 is 1.03 bits per heavy atom. The van der Waals surface area contributed by atoms with E-state index in [-0.39, 0.29) is 12.2 Å². The Balaban J connectivity index is 1.81. The first kappa shape index (κ1) is 25.8. The van der Waals surface area contributed by atoms with E-state index in [1.807, 2.05) is 0 Å². The highest BCUT2D eigenvalue weighted by molar-refractivity contribution is 5.89. The predicted octanol–water partition coefficient (Wildman–Crippen LogP) is 6.81. The number of nitrogens with one attached hydrogen (secondary N) is 1. The Hall–Kier alpha value is -3.82. The summed E-state index contributed by atoms with van der Waals surface area (Å²) in [6.45, 7) is 2.55. The van der Waals surface area contributed by atoms with Crippen LogP contribution in [-0.2, 0) is 6.54 Å². The fraction of sp³-hybridized carbons (Fsp3) is 0.320. The Labute approximate surface area is 201 Å². The minimum atomic E-state index is -1.20. The first-order valence-electron chi connectivity index (χ1n) is 11.4. The summed E-state index contributed by atoms with van der Waals surface area (Å²) >= 11 is 0. The van der Waals surface area contributed by atoms with Crippen molar-refractivity contribution in [2.24, 2.45) is 0 Å². The van der Waals surface area contributed by atoms with Crippen LogP contribution in [0.15, 0.2) is 54.7 Å². The van der Waals surface area contributed by atoms with Gasteiger partial charge >= 0.3 is 6.03 Å². The Morgan fingerprint density at radius 3 is 2.31 bits per heavy atom. The monoisotopic (exact) mass is 488 g/mol. The second-order valence-corrected chi connectivity index (χ2v) is 8.15. The van der Waals surface area contributed by atoms with Gasteiger partial charge in [-0.1, -0.05) is 32.6 Å². The van der Waals surface area contributed by atoms with Gasteiger partial charge in [0, 0.05) is 48.4 Å². The highest BCUT2D eigenvalue weighted by Crippen LogP contribution is 2.22. The van der Waals surface area contributed by atoms with Gasteiger partial charge in [-0.15, -0.1) is 0 Å². The zero-order valence-electron chi connectivity index (χ0n) is 19.3. The van der Waals surface area contributed by atoms with Crippen LogP contribution in [0.5, 0.6) is 0 Å². The van der Waals surface area contributed by atoms with E-state index in [0.717, 1.165) is 25.7 Å². The van der Waals surface area contributed by atoms with E-state index in [0.29, 0.717) is 36.5 Å². The molecule has 35 heavy (non-hydrogen) atoms.